The van der Waals surface area contributed by atoms with Crippen molar-refractivity contribution in [3.63, 3.8) is 0 Å². The fourth-order valence-corrected chi connectivity index (χ4v) is 3.72. The highest BCUT2D eigenvalue weighted by Crippen LogP contribution is 2.18. The normalized spacial score (nSPS) is 15.8. The second-order valence-electron chi connectivity index (χ2n) is 7.02. The van der Waals surface area contributed by atoms with Gasteiger partial charge in [-0.15, -0.1) is 0 Å². The van der Waals surface area contributed by atoms with Crippen LogP contribution in [0.1, 0.15) is 48.9 Å². The van der Waals surface area contributed by atoms with Crippen LogP contribution in [0.15, 0.2) is 20.4 Å². The molecule has 1 fully saturated rings. The molecule has 8 heteroatoms. The smallest absolute Gasteiger partial charge is 0.332 e. The van der Waals surface area contributed by atoms with Crippen LogP contribution >= 0.6 is 0 Å². The molecule has 0 aromatic carbocycles. The second-order valence-corrected chi connectivity index (χ2v) is 7.02. The molecule has 140 valence electrons. The molecule has 0 unspecified atom stereocenters. The second kappa shape index (κ2) is 6.93. The van der Waals surface area contributed by atoms with Gasteiger partial charge in [-0.2, -0.15) is 0 Å². The van der Waals surface area contributed by atoms with Gasteiger partial charge in [0.05, 0.1) is 10.9 Å². The van der Waals surface area contributed by atoms with Crippen molar-refractivity contribution in [1.29, 1.82) is 0 Å². The zero-order chi connectivity index (χ0) is 19.0. The molecule has 0 atom stereocenters. The molecule has 0 spiro atoms. The van der Waals surface area contributed by atoms with E-state index < -0.39 is 22.7 Å². The van der Waals surface area contributed by atoms with Gasteiger partial charge in [-0.25, -0.2) is 4.79 Å². The Labute approximate surface area is 150 Å². The maximum Gasteiger partial charge on any atom is 0.332 e. The van der Waals surface area contributed by atoms with Crippen molar-refractivity contribution in [1.82, 2.24) is 19.0 Å². The molecule has 0 saturated heterocycles. The Balaban J connectivity index is 2.18. The standard InChI is InChI=1S/C18H24N4O4/c1-20-13(23)10-12(15(24)19-11-8-6-4-5-7-9-11)14-16(20)21(2)18(26)22(3)17(14)25/h10-11H,4-9H2,1-3H3,(H,19,24). The average Bonchev–Trinajstić information content (AvgIpc) is 2.88. The molecule has 0 aliphatic heterocycles. The van der Waals surface area contributed by atoms with E-state index in [1.165, 1.54) is 36.3 Å². The van der Waals surface area contributed by atoms with Crippen LogP contribution < -0.4 is 22.1 Å². The number of hydrogen-bond donors (Lipinski definition) is 1. The Bertz CT molecular complexity index is 1040. The minimum absolute atomic E-state index is 0.0311. The van der Waals surface area contributed by atoms with E-state index in [-0.39, 0.29) is 22.6 Å². The molecular weight excluding hydrogens is 336 g/mol. The summed E-state index contributed by atoms with van der Waals surface area (Å²) in [4.78, 5) is 50.1. The molecular formula is C18H24N4O4. The molecule has 1 saturated carbocycles. The fraction of sp³-hybridized carbons (Fsp3) is 0.556. The molecule has 1 aliphatic carbocycles. The topological polar surface area (TPSA) is 95.1 Å². The minimum Gasteiger partial charge on any atom is -0.349 e. The SMILES string of the molecule is Cn1c(=O)c2c(C(=O)NC3CCCCCC3)cc(=O)n(C)c2n(C)c1=O. The molecule has 8 nitrogen and oxygen atoms in total. The summed E-state index contributed by atoms with van der Waals surface area (Å²) in [5, 5.41) is 3.06. The molecule has 2 aromatic rings. The highest BCUT2D eigenvalue weighted by molar-refractivity contribution is 6.05. The zero-order valence-electron chi connectivity index (χ0n) is 15.4. The van der Waals surface area contributed by atoms with Crippen LogP contribution in [0.25, 0.3) is 11.0 Å². The lowest BCUT2D eigenvalue weighted by Gasteiger charge is -2.18. The van der Waals surface area contributed by atoms with E-state index in [2.05, 4.69) is 5.32 Å². The lowest BCUT2D eigenvalue weighted by atomic mass is 10.1. The van der Waals surface area contributed by atoms with Crippen LogP contribution in [0.2, 0.25) is 0 Å². The number of nitrogens with one attached hydrogen (secondary N) is 1. The first kappa shape index (κ1) is 18.2. The third kappa shape index (κ3) is 3.00. The maximum atomic E-state index is 12.9. The summed E-state index contributed by atoms with van der Waals surface area (Å²) in [6, 6.07) is 1.22. The van der Waals surface area contributed by atoms with Crippen molar-refractivity contribution in [2.45, 2.75) is 44.6 Å². The van der Waals surface area contributed by atoms with E-state index in [9.17, 15) is 19.2 Å². The highest BCUT2D eigenvalue weighted by Gasteiger charge is 2.22. The summed E-state index contributed by atoms with van der Waals surface area (Å²) in [5.41, 5.74) is -1.38. The molecule has 2 heterocycles. The number of fused-ring (bicyclic) bond motifs is 1. The Morgan fingerprint density at radius 2 is 1.58 bits per heavy atom. The number of pyridine rings is 1. The molecule has 1 aliphatic rings. The van der Waals surface area contributed by atoms with Gasteiger partial charge >= 0.3 is 5.69 Å². The van der Waals surface area contributed by atoms with Crippen molar-refractivity contribution in [3.05, 3.63) is 42.8 Å². The average molecular weight is 360 g/mol. The summed E-state index contributed by atoms with van der Waals surface area (Å²) in [7, 11) is 4.33. The van der Waals surface area contributed by atoms with Gasteiger partial charge in [-0.05, 0) is 12.8 Å². The lowest BCUT2D eigenvalue weighted by molar-refractivity contribution is 0.0934. The number of carbonyl (C=O) groups is 1. The summed E-state index contributed by atoms with van der Waals surface area (Å²) >= 11 is 0. The Kier molecular flexibility index (Phi) is 4.84. The van der Waals surface area contributed by atoms with Gasteiger partial charge in [-0.1, -0.05) is 25.7 Å². The molecule has 1 amide bonds. The number of rotatable bonds is 2. The number of aromatic nitrogens is 3. The minimum atomic E-state index is -0.579. The Morgan fingerprint density at radius 3 is 2.19 bits per heavy atom. The van der Waals surface area contributed by atoms with E-state index >= 15 is 0 Å². The predicted molar refractivity (Wildman–Crippen MR) is 98.6 cm³/mol. The molecule has 2 aromatic heterocycles. The van der Waals surface area contributed by atoms with Crippen molar-refractivity contribution in [3.8, 4) is 0 Å². The van der Waals surface area contributed by atoms with Crippen molar-refractivity contribution >= 4 is 16.9 Å². The summed E-state index contributed by atoms with van der Waals surface area (Å²) in [6.45, 7) is 0. The largest absolute Gasteiger partial charge is 0.349 e. The molecule has 1 N–H and O–H groups in total. The van der Waals surface area contributed by atoms with Gasteiger partial charge < -0.3 is 5.32 Å². The van der Waals surface area contributed by atoms with E-state index in [4.69, 9.17) is 0 Å². The predicted octanol–water partition coefficient (Wildman–Crippen LogP) is 0.388. The van der Waals surface area contributed by atoms with Crippen LogP contribution in [0.4, 0.5) is 0 Å². The number of hydrogen-bond acceptors (Lipinski definition) is 4. The van der Waals surface area contributed by atoms with Gasteiger partial charge in [0.1, 0.15) is 5.65 Å². The van der Waals surface area contributed by atoms with E-state index in [0.29, 0.717) is 0 Å². The highest BCUT2D eigenvalue weighted by atomic mass is 16.2. The van der Waals surface area contributed by atoms with Gasteiger partial charge in [0, 0.05) is 33.3 Å². The number of carbonyl (C=O) groups excluding carboxylic acids is 1. The number of nitrogens with zero attached hydrogens (tertiary/aromatic N) is 3. The van der Waals surface area contributed by atoms with E-state index in [1.807, 2.05) is 0 Å². The van der Waals surface area contributed by atoms with E-state index in [1.54, 1.807) is 0 Å². The molecule has 0 radical (unpaired) electrons. The first-order valence-corrected chi connectivity index (χ1v) is 8.93. The first-order valence-electron chi connectivity index (χ1n) is 8.93. The van der Waals surface area contributed by atoms with Crippen molar-refractivity contribution in [2.75, 3.05) is 0 Å². The monoisotopic (exact) mass is 360 g/mol. The van der Waals surface area contributed by atoms with Crippen molar-refractivity contribution < 1.29 is 4.79 Å². The fourth-order valence-electron chi connectivity index (χ4n) is 3.72. The van der Waals surface area contributed by atoms with Crippen LogP contribution in [0.3, 0.4) is 0 Å². The van der Waals surface area contributed by atoms with Gasteiger partial charge in [0.25, 0.3) is 17.0 Å². The third-order valence-electron chi connectivity index (χ3n) is 5.25. The van der Waals surface area contributed by atoms with Crippen LogP contribution in [-0.4, -0.2) is 25.7 Å². The number of aryl methyl sites for hydroxylation is 2. The third-order valence-corrected chi connectivity index (χ3v) is 5.25. The summed E-state index contributed by atoms with van der Waals surface area (Å²) < 4.78 is 3.40. The van der Waals surface area contributed by atoms with Gasteiger partial charge in [-0.3, -0.25) is 28.1 Å². The Hall–Kier alpha value is -2.64. The molecule has 3 rings (SSSR count). The van der Waals surface area contributed by atoms with Crippen LogP contribution in [0.5, 0.6) is 0 Å². The number of amides is 1. The van der Waals surface area contributed by atoms with E-state index in [0.717, 1.165) is 43.1 Å². The Morgan fingerprint density at radius 1 is 0.962 bits per heavy atom. The maximum absolute atomic E-state index is 12.9. The van der Waals surface area contributed by atoms with Crippen molar-refractivity contribution in [2.24, 2.45) is 21.1 Å². The van der Waals surface area contributed by atoms with Gasteiger partial charge in [0.2, 0.25) is 0 Å². The van der Waals surface area contributed by atoms with Crippen LogP contribution in [0, 0.1) is 0 Å². The molecule has 26 heavy (non-hydrogen) atoms. The first-order chi connectivity index (χ1) is 12.3. The molecule has 0 bridgehead atoms. The zero-order valence-corrected chi connectivity index (χ0v) is 15.4. The summed E-state index contributed by atoms with van der Waals surface area (Å²) in [5.74, 6) is -0.435. The van der Waals surface area contributed by atoms with Gasteiger partial charge in [0.15, 0.2) is 0 Å². The summed E-state index contributed by atoms with van der Waals surface area (Å²) in [6.07, 6.45) is 6.21. The van der Waals surface area contributed by atoms with Crippen LogP contribution in [-0.2, 0) is 21.1 Å². The lowest BCUT2D eigenvalue weighted by Crippen LogP contribution is -2.42. The quantitative estimate of drug-likeness (QED) is 0.784.